The fourth-order valence-corrected chi connectivity index (χ4v) is 2.91. The van der Waals surface area contributed by atoms with Gasteiger partial charge in [-0.25, -0.2) is 9.79 Å². The van der Waals surface area contributed by atoms with Crippen LogP contribution in [-0.2, 0) is 9.53 Å². The Morgan fingerprint density at radius 3 is 2.22 bits per heavy atom. The SMILES string of the molecule is O=C1OC(c2ccc(Cl)cc2Cl)=N/C1=C\c1ccc(Cl)cc1Cl. The van der Waals surface area contributed by atoms with Gasteiger partial charge in [0.15, 0.2) is 5.70 Å². The van der Waals surface area contributed by atoms with Crippen molar-refractivity contribution >= 4 is 64.3 Å². The predicted molar refractivity (Wildman–Crippen MR) is 93.5 cm³/mol. The van der Waals surface area contributed by atoms with Gasteiger partial charge in [0.2, 0.25) is 5.90 Å². The third-order valence-electron chi connectivity index (χ3n) is 3.04. The average Bonchev–Trinajstić information content (AvgIpc) is 2.83. The molecule has 0 spiro atoms. The van der Waals surface area contributed by atoms with E-state index >= 15 is 0 Å². The number of hydrogen-bond donors (Lipinski definition) is 0. The molecule has 1 aliphatic heterocycles. The van der Waals surface area contributed by atoms with Gasteiger partial charge in [-0.3, -0.25) is 0 Å². The number of esters is 1. The Labute approximate surface area is 152 Å². The quantitative estimate of drug-likeness (QED) is 0.494. The highest BCUT2D eigenvalue weighted by molar-refractivity contribution is 6.37. The van der Waals surface area contributed by atoms with Crippen LogP contribution in [0.5, 0.6) is 0 Å². The summed E-state index contributed by atoms with van der Waals surface area (Å²) in [5, 5.41) is 1.73. The maximum Gasteiger partial charge on any atom is 0.363 e. The van der Waals surface area contributed by atoms with Gasteiger partial charge < -0.3 is 4.74 Å². The predicted octanol–water partition coefficient (Wildman–Crippen LogP) is 5.64. The summed E-state index contributed by atoms with van der Waals surface area (Å²) in [5.41, 5.74) is 1.21. The van der Waals surface area contributed by atoms with E-state index in [0.717, 1.165) is 0 Å². The number of rotatable bonds is 2. The van der Waals surface area contributed by atoms with Crippen molar-refractivity contribution in [3.8, 4) is 0 Å². The topological polar surface area (TPSA) is 38.7 Å². The summed E-state index contributed by atoms with van der Waals surface area (Å²) >= 11 is 23.9. The first-order valence-corrected chi connectivity index (χ1v) is 7.88. The number of halogens is 4. The Morgan fingerprint density at radius 2 is 1.57 bits per heavy atom. The van der Waals surface area contributed by atoms with Crippen molar-refractivity contribution < 1.29 is 9.53 Å². The summed E-state index contributed by atoms with van der Waals surface area (Å²) in [4.78, 5) is 16.2. The van der Waals surface area contributed by atoms with E-state index in [-0.39, 0.29) is 11.6 Å². The Balaban J connectivity index is 1.99. The van der Waals surface area contributed by atoms with Crippen molar-refractivity contribution in [3.05, 3.63) is 73.3 Å². The summed E-state index contributed by atoms with van der Waals surface area (Å²) in [6.07, 6.45) is 1.53. The van der Waals surface area contributed by atoms with Gasteiger partial charge in [0, 0.05) is 15.1 Å². The molecule has 0 amide bonds. The fourth-order valence-electron chi connectivity index (χ4n) is 1.95. The first-order valence-electron chi connectivity index (χ1n) is 6.37. The second-order valence-electron chi connectivity index (χ2n) is 4.63. The molecule has 3 rings (SSSR count). The summed E-state index contributed by atoms with van der Waals surface area (Å²) in [7, 11) is 0. The zero-order valence-electron chi connectivity index (χ0n) is 11.3. The molecular weight excluding hydrogens is 380 g/mol. The van der Waals surface area contributed by atoms with E-state index in [4.69, 9.17) is 51.1 Å². The van der Waals surface area contributed by atoms with Crippen molar-refractivity contribution in [2.24, 2.45) is 4.99 Å². The van der Waals surface area contributed by atoms with Crippen molar-refractivity contribution in [1.29, 1.82) is 0 Å². The van der Waals surface area contributed by atoms with Gasteiger partial charge >= 0.3 is 5.97 Å². The Morgan fingerprint density at radius 1 is 0.913 bits per heavy atom. The molecule has 0 fully saturated rings. The van der Waals surface area contributed by atoms with Crippen molar-refractivity contribution in [2.45, 2.75) is 0 Å². The van der Waals surface area contributed by atoms with E-state index < -0.39 is 5.97 Å². The van der Waals surface area contributed by atoms with E-state index in [1.807, 2.05) is 0 Å². The number of carbonyl (C=O) groups is 1. The Kier molecular flexibility index (Phi) is 4.64. The minimum Gasteiger partial charge on any atom is -0.402 e. The number of benzene rings is 2. The lowest BCUT2D eigenvalue weighted by molar-refractivity contribution is -0.129. The van der Waals surface area contributed by atoms with Crippen LogP contribution in [0.3, 0.4) is 0 Å². The minimum absolute atomic E-state index is 0.119. The zero-order valence-corrected chi connectivity index (χ0v) is 14.3. The highest BCUT2D eigenvalue weighted by atomic mass is 35.5. The lowest BCUT2D eigenvalue weighted by atomic mass is 10.2. The van der Waals surface area contributed by atoms with E-state index in [9.17, 15) is 4.79 Å². The molecule has 0 saturated carbocycles. The van der Waals surface area contributed by atoms with Crippen LogP contribution in [0.4, 0.5) is 0 Å². The molecule has 0 N–H and O–H groups in total. The van der Waals surface area contributed by atoms with Crippen LogP contribution in [-0.4, -0.2) is 11.9 Å². The molecule has 1 aliphatic rings. The number of aliphatic imine (C=N–C) groups is 1. The third-order valence-corrected chi connectivity index (χ3v) is 4.15. The summed E-state index contributed by atoms with van der Waals surface area (Å²) in [5.74, 6) is -0.468. The molecule has 0 saturated heterocycles. The first kappa shape index (κ1) is 16.3. The average molecular weight is 387 g/mol. The van der Waals surface area contributed by atoms with Crippen LogP contribution in [0.25, 0.3) is 6.08 Å². The molecule has 0 atom stereocenters. The molecule has 0 aliphatic carbocycles. The van der Waals surface area contributed by atoms with Crippen LogP contribution >= 0.6 is 46.4 Å². The van der Waals surface area contributed by atoms with Gasteiger partial charge in [0.05, 0.1) is 10.6 Å². The van der Waals surface area contributed by atoms with Crippen LogP contribution in [0.2, 0.25) is 20.1 Å². The molecule has 2 aromatic carbocycles. The normalized spacial score (nSPS) is 15.7. The second-order valence-corrected chi connectivity index (χ2v) is 6.31. The number of carbonyl (C=O) groups excluding carboxylic acids is 1. The van der Waals surface area contributed by atoms with Crippen LogP contribution in [0.15, 0.2) is 47.1 Å². The first-order chi connectivity index (χ1) is 10.9. The van der Waals surface area contributed by atoms with E-state index in [2.05, 4.69) is 4.99 Å². The summed E-state index contributed by atoms with van der Waals surface area (Å²) in [6.45, 7) is 0. The molecule has 0 radical (unpaired) electrons. The molecule has 0 bridgehead atoms. The van der Waals surface area contributed by atoms with E-state index in [1.54, 1.807) is 36.4 Å². The highest BCUT2D eigenvalue weighted by Gasteiger charge is 2.25. The van der Waals surface area contributed by atoms with Crippen LogP contribution < -0.4 is 0 Å². The van der Waals surface area contributed by atoms with Gasteiger partial charge in [0.1, 0.15) is 0 Å². The maximum absolute atomic E-state index is 12.0. The van der Waals surface area contributed by atoms with Crippen molar-refractivity contribution in [1.82, 2.24) is 0 Å². The molecule has 0 aromatic heterocycles. The minimum atomic E-state index is -0.586. The molecule has 3 nitrogen and oxygen atoms in total. The number of nitrogens with zero attached hydrogens (tertiary/aromatic N) is 1. The third kappa shape index (κ3) is 3.54. The van der Waals surface area contributed by atoms with Gasteiger partial charge in [-0.1, -0.05) is 52.5 Å². The standard InChI is InChI=1S/C16H7Cl4NO2/c17-9-2-1-8(12(19)6-9)5-14-16(22)23-15(21-14)11-4-3-10(18)7-13(11)20/h1-7H/b14-5-. The highest BCUT2D eigenvalue weighted by Crippen LogP contribution is 2.28. The Hall–Kier alpha value is -1.52. The molecule has 23 heavy (non-hydrogen) atoms. The van der Waals surface area contributed by atoms with Gasteiger partial charge in [0.25, 0.3) is 0 Å². The van der Waals surface area contributed by atoms with Crippen molar-refractivity contribution in [3.63, 3.8) is 0 Å². The van der Waals surface area contributed by atoms with Gasteiger partial charge in [-0.2, -0.15) is 0 Å². The lowest BCUT2D eigenvalue weighted by Gasteiger charge is -2.02. The molecule has 0 unspecified atom stereocenters. The fraction of sp³-hybridized carbons (Fsp3) is 0. The Bertz CT molecular complexity index is 874. The number of ether oxygens (including phenoxy) is 1. The van der Waals surface area contributed by atoms with Gasteiger partial charge in [-0.15, -0.1) is 0 Å². The summed E-state index contributed by atoms with van der Waals surface area (Å²) in [6, 6.07) is 9.75. The van der Waals surface area contributed by atoms with Crippen LogP contribution in [0, 0.1) is 0 Å². The second kappa shape index (κ2) is 6.54. The van der Waals surface area contributed by atoms with E-state index in [1.165, 1.54) is 6.08 Å². The monoisotopic (exact) mass is 385 g/mol. The largest absolute Gasteiger partial charge is 0.402 e. The lowest BCUT2D eigenvalue weighted by Crippen LogP contribution is -2.05. The smallest absolute Gasteiger partial charge is 0.363 e. The number of hydrogen-bond acceptors (Lipinski definition) is 3. The number of cyclic esters (lactones) is 1. The summed E-state index contributed by atoms with van der Waals surface area (Å²) < 4.78 is 5.16. The molecule has 2 aromatic rings. The molecule has 116 valence electrons. The maximum atomic E-state index is 12.0. The van der Waals surface area contributed by atoms with Crippen molar-refractivity contribution in [2.75, 3.05) is 0 Å². The van der Waals surface area contributed by atoms with Crippen LogP contribution in [0.1, 0.15) is 11.1 Å². The molecule has 1 heterocycles. The molecule has 7 heteroatoms. The molecular formula is C16H7Cl4NO2. The van der Waals surface area contributed by atoms with E-state index in [0.29, 0.717) is 31.2 Å². The van der Waals surface area contributed by atoms with Gasteiger partial charge in [-0.05, 0) is 42.0 Å². The zero-order chi connectivity index (χ0) is 16.6.